The zero-order chi connectivity index (χ0) is 16.5. The van der Waals surface area contributed by atoms with Crippen LogP contribution in [0.2, 0.25) is 0 Å². The quantitative estimate of drug-likeness (QED) is 0.510. The topological polar surface area (TPSA) is 72.2 Å². The first-order chi connectivity index (χ1) is 11.7. The van der Waals surface area contributed by atoms with Crippen molar-refractivity contribution in [2.75, 3.05) is 18.0 Å². The molecule has 8 heteroatoms. The summed E-state index contributed by atoms with van der Waals surface area (Å²) in [5.74, 6) is 0.975. The lowest BCUT2D eigenvalue weighted by atomic mass is 10.3. The van der Waals surface area contributed by atoms with E-state index in [-0.39, 0.29) is 10.6 Å². The van der Waals surface area contributed by atoms with Crippen molar-refractivity contribution < 1.29 is 4.92 Å². The van der Waals surface area contributed by atoms with Crippen molar-refractivity contribution in [2.45, 2.75) is 21.9 Å². The molecule has 0 spiro atoms. The van der Waals surface area contributed by atoms with Gasteiger partial charge in [-0.15, -0.1) is 11.3 Å². The minimum atomic E-state index is -0.342. The summed E-state index contributed by atoms with van der Waals surface area (Å²) in [7, 11) is 0. The van der Waals surface area contributed by atoms with Crippen molar-refractivity contribution in [1.29, 1.82) is 0 Å². The minimum absolute atomic E-state index is 0.130. The maximum absolute atomic E-state index is 11.2. The smallest absolute Gasteiger partial charge is 0.283 e. The van der Waals surface area contributed by atoms with E-state index in [1.54, 1.807) is 29.8 Å². The maximum Gasteiger partial charge on any atom is 0.283 e. The lowest BCUT2D eigenvalue weighted by molar-refractivity contribution is -0.387. The molecule has 1 aliphatic heterocycles. The second-order valence-electron chi connectivity index (χ2n) is 5.50. The average Bonchev–Trinajstić information content (AvgIpc) is 3.23. The predicted molar refractivity (Wildman–Crippen MR) is 96.1 cm³/mol. The molecule has 2 aromatic heterocycles. The molecule has 0 radical (unpaired) electrons. The predicted octanol–water partition coefficient (Wildman–Crippen LogP) is 4.35. The molecule has 3 heterocycles. The number of nitrogens with zero attached hydrogens (tertiary/aromatic N) is 4. The monoisotopic (exact) mass is 358 g/mol. The van der Waals surface area contributed by atoms with Crippen LogP contribution in [0.15, 0.2) is 45.8 Å². The highest BCUT2D eigenvalue weighted by Gasteiger charge is 2.20. The Kier molecular flexibility index (Phi) is 4.07. The molecule has 3 aromatic rings. The molecular formula is C16H14N4O2S2. The number of benzene rings is 1. The zero-order valence-corrected chi connectivity index (χ0v) is 14.3. The van der Waals surface area contributed by atoms with Gasteiger partial charge in [0, 0.05) is 19.2 Å². The van der Waals surface area contributed by atoms with Crippen LogP contribution in [0.5, 0.6) is 0 Å². The van der Waals surface area contributed by atoms with E-state index in [0.717, 1.165) is 33.3 Å². The SMILES string of the molecule is O=[N+]([O-])c1ccccc1Sc1cc2c(N3CCCC3)ncnc2s1. The summed E-state index contributed by atoms with van der Waals surface area (Å²) in [5.41, 5.74) is 0.130. The Morgan fingerprint density at radius 2 is 2.00 bits per heavy atom. The molecule has 0 amide bonds. The van der Waals surface area contributed by atoms with Crippen LogP contribution in [0.4, 0.5) is 11.5 Å². The van der Waals surface area contributed by atoms with Gasteiger partial charge in [0.05, 0.1) is 19.4 Å². The summed E-state index contributed by atoms with van der Waals surface area (Å²) < 4.78 is 0.986. The lowest BCUT2D eigenvalue weighted by Gasteiger charge is -2.16. The van der Waals surface area contributed by atoms with Gasteiger partial charge in [0.2, 0.25) is 0 Å². The van der Waals surface area contributed by atoms with Crippen molar-refractivity contribution in [3.05, 3.63) is 46.8 Å². The summed E-state index contributed by atoms with van der Waals surface area (Å²) in [4.78, 5) is 23.5. The van der Waals surface area contributed by atoms with Gasteiger partial charge >= 0.3 is 0 Å². The highest BCUT2D eigenvalue weighted by Crippen LogP contribution is 2.41. The number of nitro benzene ring substituents is 1. The van der Waals surface area contributed by atoms with E-state index in [4.69, 9.17) is 0 Å². The summed E-state index contributed by atoms with van der Waals surface area (Å²) in [6.07, 6.45) is 3.98. The van der Waals surface area contributed by atoms with Crippen molar-refractivity contribution >= 4 is 44.8 Å². The number of nitro groups is 1. The zero-order valence-electron chi connectivity index (χ0n) is 12.7. The van der Waals surface area contributed by atoms with Crippen molar-refractivity contribution in [3.63, 3.8) is 0 Å². The van der Waals surface area contributed by atoms with Gasteiger partial charge < -0.3 is 4.90 Å². The fourth-order valence-electron chi connectivity index (χ4n) is 2.85. The third kappa shape index (κ3) is 2.83. The standard InChI is InChI=1S/C16H14N4O2S2/c21-20(22)12-5-1-2-6-13(12)23-14-9-11-15(19-7-3-4-8-19)17-10-18-16(11)24-14/h1-2,5-6,9-10H,3-4,7-8H2. The van der Waals surface area contributed by atoms with E-state index in [1.807, 2.05) is 6.07 Å². The molecule has 122 valence electrons. The Labute approximate surface area is 146 Å². The molecule has 0 unspecified atom stereocenters. The Bertz CT molecular complexity index is 906. The molecular weight excluding hydrogens is 344 g/mol. The van der Waals surface area contributed by atoms with Crippen LogP contribution in [0, 0.1) is 10.1 Å². The van der Waals surface area contributed by atoms with Gasteiger partial charge in [-0.2, -0.15) is 0 Å². The number of hydrogen-bond acceptors (Lipinski definition) is 7. The van der Waals surface area contributed by atoms with Gasteiger partial charge in [-0.1, -0.05) is 23.9 Å². The van der Waals surface area contributed by atoms with Gasteiger partial charge in [0.15, 0.2) is 0 Å². The Morgan fingerprint density at radius 1 is 1.21 bits per heavy atom. The summed E-state index contributed by atoms with van der Waals surface area (Å²) >= 11 is 2.96. The fraction of sp³-hybridized carbons (Fsp3) is 0.250. The van der Waals surface area contributed by atoms with E-state index in [9.17, 15) is 10.1 Å². The van der Waals surface area contributed by atoms with Crippen molar-refractivity contribution in [2.24, 2.45) is 0 Å². The maximum atomic E-state index is 11.2. The molecule has 0 N–H and O–H groups in total. The number of hydrogen-bond donors (Lipinski definition) is 0. The second-order valence-corrected chi connectivity index (χ2v) is 7.88. The third-order valence-corrected chi connectivity index (χ3v) is 6.19. The van der Waals surface area contributed by atoms with E-state index >= 15 is 0 Å². The molecule has 0 atom stereocenters. The van der Waals surface area contributed by atoms with Crippen LogP contribution in [-0.2, 0) is 0 Å². The van der Waals surface area contributed by atoms with Gasteiger partial charge in [-0.05, 0) is 25.0 Å². The number of anilines is 1. The van der Waals surface area contributed by atoms with Crippen LogP contribution in [-0.4, -0.2) is 28.0 Å². The summed E-state index contributed by atoms with van der Waals surface area (Å²) in [6, 6.07) is 8.86. The first-order valence-electron chi connectivity index (χ1n) is 7.63. The van der Waals surface area contributed by atoms with E-state index in [0.29, 0.717) is 4.90 Å². The van der Waals surface area contributed by atoms with Gasteiger partial charge in [0.1, 0.15) is 17.0 Å². The first kappa shape index (κ1) is 15.3. The lowest BCUT2D eigenvalue weighted by Crippen LogP contribution is -2.19. The third-order valence-electron chi connectivity index (χ3n) is 3.96. The number of thiophene rings is 1. The number of aromatic nitrogens is 2. The molecule has 4 rings (SSSR count). The van der Waals surface area contributed by atoms with Crippen molar-refractivity contribution in [1.82, 2.24) is 9.97 Å². The molecule has 24 heavy (non-hydrogen) atoms. The molecule has 1 aromatic carbocycles. The number of rotatable bonds is 4. The summed E-state index contributed by atoms with van der Waals surface area (Å²) in [5, 5.41) is 12.2. The fourth-order valence-corrected chi connectivity index (χ4v) is 5.04. The Balaban J connectivity index is 1.71. The first-order valence-corrected chi connectivity index (χ1v) is 9.26. The average molecular weight is 358 g/mol. The van der Waals surface area contributed by atoms with Crippen LogP contribution < -0.4 is 4.90 Å². The molecule has 0 saturated carbocycles. The van der Waals surface area contributed by atoms with Crippen LogP contribution in [0.25, 0.3) is 10.2 Å². The molecule has 1 aliphatic rings. The number of fused-ring (bicyclic) bond motifs is 1. The second kappa shape index (κ2) is 6.37. The van der Waals surface area contributed by atoms with Gasteiger partial charge in [-0.25, -0.2) is 9.97 Å². The minimum Gasteiger partial charge on any atom is -0.356 e. The largest absolute Gasteiger partial charge is 0.356 e. The Morgan fingerprint density at radius 3 is 2.79 bits per heavy atom. The molecule has 0 aliphatic carbocycles. The summed E-state index contributed by atoms with van der Waals surface area (Å²) in [6.45, 7) is 2.04. The molecule has 1 saturated heterocycles. The molecule has 0 bridgehead atoms. The van der Waals surface area contributed by atoms with Crippen molar-refractivity contribution in [3.8, 4) is 0 Å². The van der Waals surface area contributed by atoms with Gasteiger partial charge in [-0.3, -0.25) is 10.1 Å². The Hall–Kier alpha value is -2.19. The van der Waals surface area contributed by atoms with E-state index < -0.39 is 0 Å². The van der Waals surface area contributed by atoms with Gasteiger partial charge in [0.25, 0.3) is 5.69 Å². The van der Waals surface area contributed by atoms with Crippen LogP contribution >= 0.6 is 23.1 Å². The highest BCUT2D eigenvalue weighted by atomic mass is 32.2. The normalized spacial score (nSPS) is 14.4. The van der Waals surface area contributed by atoms with E-state index in [2.05, 4.69) is 20.9 Å². The van der Waals surface area contributed by atoms with E-state index in [1.165, 1.54) is 30.7 Å². The number of para-hydroxylation sites is 1. The highest BCUT2D eigenvalue weighted by molar-refractivity contribution is 8.01. The molecule has 6 nitrogen and oxygen atoms in total. The molecule has 1 fully saturated rings. The van der Waals surface area contributed by atoms with Crippen LogP contribution in [0.3, 0.4) is 0 Å². The van der Waals surface area contributed by atoms with Crippen LogP contribution in [0.1, 0.15) is 12.8 Å².